The van der Waals surface area contributed by atoms with Crippen molar-refractivity contribution in [2.24, 2.45) is 4.99 Å². The third kappa shape index (κ3) is 3.06. The summed E-state index contributed by atoms with van der Waals surface area (Å²) >= 11 is 0. The number of fused-ring (bicyclic) bond motifs is 8. The second-order valence-electron chi connectivity index (χ2n) is 11.5. The Kier molecular flexibility index (Phi) is 4.49. The molecule has 5 aromatic rings. The van der Waals surface area contributed by atoms with E-state index in [1.54, 1.807) is 0 Å². The van der Waals surface area contributed by atoms with Gasteiger partial charge in [0.15, 0.2) is 0 Å². The first-order chi connectivity index (χ1) is 19.7. The average molecular weight is 510 g/mol. The lowest BCUT2D eigenvalue weighted by Crippen LogP contribution is -2.03. The monoisotopic (exact) mass is 509 g/mol. The quantitative estimate of drug-likeness (QED) is 0.224. The third-order valence-corrected chi connectivity index (χ3v) is 9.07. The molecule has 5 aromatic carbocycles. The molecule has 40 heavy (non-hydrogen) atoms. The normalized spacial score (nSPS) is 16.8. The molecule has 4 aliphatic rings. The molecule has 0 saturated carbocycles. The Hall–Kier alpha value is -4.75. The van der Waals surface area contributed by atoms with Crippen LogP contribution in [-0.4, -0.2) is 5.71 Å². The lowest BCUT2D eigenvalue weighted by atomic mass is 9.87. The molecular weight excluding hydrogens is 482 g/mol. The highest BCUT2D eigenvalue weighted by molar-refractivity contribution is 6.47. The van der Waals surface area contributed by atoms with E-state index in [2.05, 4.69) is 116 Å². The summed E-state index contributed by atoms with van der Waals surface area (Å²) in [6.07, 6.45) is 9.91. The Morgan fingerprint density at radius 1 is 0.600 bits per heavy atom. The predicted molar refractivity (Wildman–Crippen MR) is 170 cm³/mol. The van der Waals surface area contributed by atoms with Gasteiger partial charge in [-0.2, -0.15) is 0 Å². The van der Waals surface area contributed by atoms with Crippen LogP contribution in [0.1, 0.15) is 46.2 Å². The van der Waals surface area contributed by atoms with Gasteiger partial charge in [0, 0.05) is 17.6 Å². The maximum Gasteiger partial charge on any atom is 0.0669 e. The van der Waals surface area contributed by atoms with Gasteiger partial charge in [-0.25, -0.2) is 0 Å². The van der Waals surface area contributed by atoms with Gasteiger partial charge in [-0.1, -0.05) is 84.5 Å². The zero-order valence-corrected chi connectivity index (χ0v) is 22.5. The Labute approximate surface area is 234 Å². The maximum atomic E-state index is 5.27. The zero-order chi connectivity index (χ0) is 26.4. The molecule has 0 saturated heterocycles. The number of hydrogen-bond acceptors (Lipinski definition) is 1. The molecule has 0 amide bonds. The standard InChI is InChI=1S/C39H27N/c1-23-15-16-27-20-31-33(21-29(27)17-23)38-36(24-9-3-2-4-10-24)30-18-25-11-5-6-12-26(25)19-32(30)39(38)37(31)35-22-28-13-7-8-14-34(28)40-35/h2-3,5-9,11-21H,4,10,22H2,1H3. The van der Waals surface area contributed by atoms with Crippen LogP contribution in [-0.2, 0) is 6.42 Å². The molecule has 1 nitrogen and oxygen atoms in total. The van der Waals surface area contributed by atoms with Crippen molar-refractivity contribution in [3.63, 3.8) is 0 Å². The fraction of sp³-hybridized carbons (Fsp3) is 0.103. The van der Waals surface area contributed by atoms with E-state index in [0.717, 1.165) is 24.9 Å². The van der Waals surface area contributed by atoms with Crippen molar-refractivity contribution in [1.82, 2.24) is 0 Å². The fourth-order valence-corrected chi connectivity index (χ4v) is 7.27. The van der Waals surface area contributed by atoms with E-state index < -0.39 is 0 Å². The molecule has 0 fully saturated rings. The Balaban J connectivity index is 1.42. The summed E-state index contributed by atoms with van der Waals surface area (Å²) in [5.41, 5.74) is 17.3. The molecule has 1 aliphatic heterocycles. The van der Waals surface area contributed by atoms with Crippen molar-refractivity contribution in [3.05, 3.63) is 148 Å². The van der Waals surface area contributed by atoms with Gasteiger partial charge >= 0.3 is 0 Å². The summed E-state index contributed by atoms with van der Waals surface area (Å²) in [7, 11) is 0. The Morgan fingerprint density at radius 3 is 2.00 bits per heavy atom. The van der Waals surface area contributed by atoms with Gasteiger partial charge < -0.3 is 0 Å². The zero-order valence-electron chi connectivity index (χ0n) is 22.5. The number of aliphatic imine (C=N–C) groups is 1. The molecule has 0 N–H and O–H groups in total. The molecule has 1 heteroatoms. The number of allylic oxidation sites excluding steroid dienone is 8. The van der Waals surface area contributed by atoms with Crippen molar-refractivity contribution in [3.8, 4) is 0 Å². The Morgan fingerprint density at radius 2 is 1.25 bits per heavy atom. The first-order valence-corrected chi connectivity index (χ1v) is 14.3. The summed E-state index contributed by atoms with van der Waals surface area (Å²) in [5, 5.41) is 5.19. The molecule has 0 spiro atoms. The van der Waals surface area contributed by atoms with Crippen LogP contribution in [0.25, 0.3) is 43.8 Å². The minimum Gasteiger partial charge on any atom is -0.252 e. The molecule has 188 valence electrons. The smallest absolute Gasteiger partial charge is 0.0669 e. The van der Waals surface area contributed by atoms with Gasteiger partial charge in [0.2, 0.25) is 0 Å². The van der Waals surface area contributed by atoms with Crippen molar-refractivity contribution < 1.29 is 0 Å². The van der Waals surface area contributed by atoms with Gasteiger partial charge in [-0.05, 0) is 116 Å². The van der Waals surface area contributed by atoms with Crippen LogP contribution in [0.5, 0.6) is 0 Å². The summed E-state index contributed by atoms with van der Waals surface area (Å²) < 4.78 is 0. The highest BCUT2D eigenvalue weighted by Gasteiger charge is 2.40. The van der Waals surface area contributed by atoms with Gasteiger partial charge in [0.25, 0.3) is 0 Å². The van der Waals surface area contributed by atoms with Gasteiger partial charge in [0.1, 0.15) is 0 Å². The second kappa shape index (κ2) is 8.13. The van der Waals surface area contributed by atoms with Crippen molar-refractivity contribution >= 4 is 55.2 Å². The average Bonchev–Trinajstić information content (AvgIpc) is 3.65. The van der Waals surface area contributed by atoms with Crippen molar-refractivity contribution in [2.75, 3.05) is 0 Å². The lowest BCUT2D eigenvalue weighted by molar-refractivity contribution is 0.997. The van der Waals surface area contributed by atoms with Gasteiger partial charge in [0.05, 0.1) is 11.4 Å². The molecule has 3 aliphatic carbocycles. The van der Waals surface area contributed by atoms with E-state index >= 15 is 0 Å². The van der Waals surface area contributed by atoms with Crippen molar-refractivity contribution in [2.45, 2.75) is 26.2 Å². The van der Waals surface area contributed by atoms with Crippen LogP contribution in [0.3, 0.4) is 0 Å². The number of rotatable bonds is 2. The molecule has 0 unspecified atom stereocenters. The largest absolute Gasteiger partial charge is 0.252 e. The number of para-hydroxylation sites is 1. The lowest BCUT2D eigenvalue weighted by Gasteiger charge is -2.16. The summed E-state index contributed by atoms with van der Waals surface area (Å²) in [6.45, 7) is 2.19. The van der Waals surface area contributed by atoms with E-state index in [1.165, 1.54) is 88.5 Å². The number of benzene rings is 5. The molecule has 0 atom stereocenters. The molecule has 1 heterocycles. The highest BCUT2D eigenvalue weighted by Crippen LogP contribution is 2.59. The van der Waals surface area contributed by atoms with E-state index in [4.69, 9.17) is 4.99 Å². The molecular formula is C39H27N. The highest BCUT2D eigenvalue weighted by atomic mass is 14.8. The van der Waals surface area contributed by atoms with Gasteiger partial charge in [-0.3, -0.25) is 4.99 Å². The van der Waals surface area contributed by atoms with Crippen LogP contribution in [0.2, 0.25) is 0 Å². The molecule has 9 rings (SSSR count). The minimum absolute atomic E-state index is 0.872. The topological polar surface area (TPSA) is 12.4 Å². The molecule has 0 bridgehead atoms. The predicted octanol–water partition coefficient (Wildman–Crippen LogP) is 10.1. The summed E-state index contributed by atoms with van der Waals surface area (Å²) in [5.74, 6) is 0. The SMILES string of the molecule is Cc1ccc2cc3c(cc2c1)C1=C(C2=CC=CCC2)c2cc4ccccc4cc2C1=C3C1=Nc2ccccc2C1. The maximum absolute atomic E-state index is 5.27. The third-order valence-electron chi connectivity index (χ3n) is 9.07. The van der Waals surface area contributed by atoms with E-state index in [1.807, 2.05) is 0 Å². The first kappa shape index (κ1) is 22.1. The van der Waals surface area contributed by atoms with Crippen LogP contribution in [0.15, 0.2) is 120 Å². The van der Waals surface area contributed by atoms with E-state index in [-0.39, 0.29) is 0 Å². The molecule has 0 radical (unpaired) electrons. The van der Waals surface area contributed by atoms with E-state index in [9.17, 15) is 0 Å². The van der Waals surface area contributed by atoms with Crippen LogP contribution < -0.4 is 0 Å². The first-order valence-electron chi connectivity index (χ1n) is 14.3. The minimum atomic E-state index is 0.872. The van der Waals surface area contributed by atoms with Crippen LogP contribution >= 0.6 is 0 Å². The fourth-order valence-electron chi connectivity index (χ4n) is 7.27. The second-order valence-corrected chi connectivity index (χ2v) is 11.5. The Bertz CT molecular complexity index is 2130. The summed E-state index contributed by atoms with van der Waals surface area (Å²) in [6, 6.07) is 34.0. The summed E-state index contributed by atoms with van der Waals surface area (Å²) in [4.78, 5) is 5.27. The van der Waals surface area contributed by atoms with Crippen LogP contribution in [0, 0.1) is 6.92 Å². The number of hydrogen-bond donors (Lipinski definition) is 0. The number of nitrogens with zero attached hydrogens (tertiary/aromatic N) is 1. The van der Waals surface area contributed by atoms with Crippen LogP contribution in [0.4, 0.5) is 5.69 Å². The van der Waals surface area contributed by atoms with Crippen molar-refractivity contribution in [1.29, 1.82) is 0 Å². The van der Waals surface area contributed by atoms with Gasteiger partial charge in [-0.15, -0.1) is 0 Å². The number of aryl methyl sites for hydroxylation is 1. The van der Waals surface area contributed by atoms with E-state index in [0.29, 0.717) is 0 Å². The molecule has 0 aromatic heterocycles.